The Bertz CT molecular complexity index is 401. The summed E-state index contributed by atoms with van der Waals surface area (Å²) in [6.45, 7) is 0.976. The molecule has 2 aliphatic rings. The molecular formula is C11H13NOS2. The number of amides is 1. The van der Waals surface area contributed by atoms with Gasteiger partial charge in [0.2, 0.25) is 0 Å². The number of piperidine rings is 1. The summed E-state index contributed by atoms with van der Waals surface area (Å²) in [6, 6.07) is 2.40. The third kappa shape index (κ3) is 1.60. The number of rotatable bonds is 1. The standard InChI is InChI=1S/C11H13NOS2/c13-11(10-4-9(14)6-15-10)12-5-7-1-2-8(12)3-7/h4,6-8,14H,1-3,5H2. The third-order valence-electron chi connectivity index (χ3n) is 3.47. The zero-order chi connectivity index (χ0) is 10.4. The number of fused-ring (bicyclic) bond motifs is 2. The highest BCUT2D eigenvalue weighted by Gasteiger charge is 2.40. The zero-order valence-electron chi connectivity index (χ0n) is 8.35. The van der Waals surface area contributed by atoms with Crippen molar-refractivity contribution in [1.29, 1.82) is 0 Å². The highest BCUT2D eigenvalue weighted by molar-refractivity contribution is 7.80. The molecule has 2 heterocycles. The lowest BCUT2D eigenvalue weighted by molar-refractivity contribution is 0.0708. The van der Waals surface area contributed by atoms with E-state index in [1.165, 1.54) is 30.6 Å². The second kappa shape index (κ2) is 3.52. The molecule has 2 unspecified atom stereocenters. The number of carbonyl (C=O) groups is 1. The molecule has 2 fully saturated rings. The van der Waals surface area contributed by atoms with Crippen molar-refractivity contribution in [2.45, 2.75) is 30.2 Å². The largest absolute Gasteiger partial charge is 0.335 e. The average Bonchev–Trinajstić information content (AvgIpc) is 2.90. The molecule has 2 atom stereocenters. The van der Waals surface area contributed by atoms with Gasteiger partial charge < -0.3 is 4.90 Å². The number of hydrogen-bond acceptors (Lipinski definition) is 3. The lowest BCUT2D eigenvalue weighted by atomic mass is 10.1. The van der Waals surface area contributed by atoms with Crippen LogP contribution in [0.25, 0.3) is 0 Å². The van der Waals surface area contributed by atoms with Crippen molar-refractivity contribution in [2.24, 2.45) is 5.92 Å². The van der Waals surface area contributed by atoms with Gasteiger partial charge >= 0.3 is 0 Å². The summed E-state index contributed by atoms with van der Waals surface area (Å²) in [4.78, 5) is 16.0. The minimum Gasteiger partial charge on any atom is -0.335 e. The van der Waals surface area contributed by atoms with Crippen molar-refractivity contribution in [3.05, 3.63) is 16.3 Å². The molecular weight excluding hydrogens is 226 g/mol. The summed E-state index contributed by atoms with van der Waals surface area (Å²) in [5, 5.41) is 1.92. The molecule has 0 radical (unpaired) electrons. The molecule has 1 aliphatic heterocycles. The second-order valence-corrected chi connectivity index (χ2v) is 5.89. The average molecular weight is 239 g/mol. The summed E-state index contributed by atoms with van der Waals surface area (Å²) in [6.07, 6.45) is 3.75. The summed E-state index contributed by atoms with van der Waals surface area (Å²) in [7, 11) is 0. The fourth-order valence-corrected chi connectivity index (χ4v) is 3.86. The molecule has 3 rings (SSSR count). The van der Waals surface area contributed by atoms with E-state index in [2.05, 4.69) is 17.5 Å². The predicted molar refractivity (Wildman–Crippen MR) is 63.7 cm³/mol. The Morgan fingerprint density at radius 2 is 2.40 bits per heavy atom. The molecule has 0 N–H and O–H groups in total. The molecule has 1 aromatic heterocycles. The molecule has 4 heteroatoms. The molecule has 1 aromatic rings. The summed E-state index contributed by atoms with van der Waals surface area (Å²) >= 11 is 5.74. The first-order valence-electron chi connectivity index (χ1n) is 5.32. The van der Waals surface area contributed by atoms with Crippen molar-refractivity contribution in [3.63, 3.8) is 0 Å². The molecule has 1 saturated carbocycles. The van der Waals surface area contributed by atoms with Crippen LogP contribution in [0.3, 0.4) is 0 Å². The Labute approximate surface area is 98.7 Å². The van der Waals surface area contributed by atoms with Gasteiger partial charge in [-0.15, -0.1) is 24.0 Å². The maximum Gasteiger partial charge on any atom is 0.264 e. The van der Waals surface area contributed by atoms with Gasteiger partial charge in [-0.2, -0.15) is 0 Å². The van der Waals surface area contributed by atoms with Gasteiger partial charge in [-0.25, -0.2) is 0 Å². The molecule has 80 valence electrons. The Balaban J connectivity index is 1.81. The number of thiol groups is 1. The molecule has 15 heavy (non-hydrogen) atoms. The molecule has 1 amide bonds. The Hall–Kier alpha value is -0.480. The topological polar surface area (TPSA) is 20.3 Å². The Morgan fingerprint density at radius 3 is 2.93 bits per heavy atom. The van der Waals surface area contributed by atoms with Gasteiger partial charge in [0.15, 0.2) is 0 Å². The van der Waals surface area contributed by atoms with Crippen LogP contribution in [0.15, 0.2) is 16.3 Å². The van der Waals surface area contributed by atoms with Gasteiger partial charge in [-0.3, -0.25) is 4.79 Å². The maximum atomic E-state index is 12.2. The fourth-order valence-electron chi connectivity index (χ4n) is 2.75. The third-order valence-corrected chi connectivity index (χ3v) is 4.82. The monoisotopic (exact) mass is 239 g/mol. The first kappa shape index (κ1) is 9.73. The Kier molecular flexibility index (Phi) is 2.29. The van der Waals surface area contributed by atoms with E-state index < -0.39 is 0 Å². The van der Waals surface area contributed by atoms with Crippen LogP contribution < -0.4 is 0 Å². The van der Waals surface area contributed by atoms with Crippen LogP contribution in [0, 0.1) is 5.92 Å². The van der Waals surface area contributed by atoms with E-state index in [4.69, 9.17) is 0 Å². The van der Waals surface area contributed by atoms with Gasteiger partial charge in [0.25, 0.3) is 5.91 Å². The van der Waals surface area contributed by atoms with Crippen molar-refractivity contribution in [3.8, 4) is 0 Å². The number of nitrogens with zero attached hydrogens (tertiary/aromatic N) is 1. The van der Waals surface area contributed by atoms with Crippen LogP contribution in [-0.2, 0) is 0 Å². The van der Waals surface area contributed by atoms with Gasteiger partial charge in [0, 0.05) is 22.9 Å². The maximum absolute atomic E-state index is 12.2. The van der Waals surface area contributed by atoms with Gasteiger partial charge in [0.05, 0.1) is 4.88 Å². The van der Waals surface area contributed by atoms with Crippen LogP contribution in [0.2, 0.25) is 0 Å². The lowest BCUT2D eigenvalue weighted by Gasteiger charge is -2.26. The molecule has 1 saturated heterocycles. The van der Waals surface area contributed by atoms with E-state index in [0.29, 0.717) is 6.04 Å². The van der Waals surface area contributed by atoms with Crippen molar-refractivity contribution < 1.29 is 4.79 Å². The van der Waals surface area contributed by atoms with Crippen LogP contribution in [0.5, 0.6) is 0 Å². The summed E-state index contributed by atoms with van der Waals surface area (Å²) < 4.78 is 0. The number of hydrogen-bond donors (Lipinski definition) is 1. The van der Waals surface area contributed by atoms with Crippen LogP contribution in [-0.4, -0.2) is 23.4 Å². The lowest BCUT2D eigenvalue weighted by Crippen LogP contribution is -2.37. The van der Waals surface area contributed by atoms with E-state index in [1.54, 1.807) is 0 Å². The van der Waals surface area contributed by atoms with Gasteiger partial charge in [-0.1, -0.05) is 0 Å². The normalized spacial score (nSPS) is 28.7. The van der Waals surface area contributed by atoms with Gasteiger partial charge in [0.1, 0.15) is 0 Å². The SMILES string of the molecule is O=C(c1cc(S)cs1)N1CC2CCC1C2. The number of carbonyl (C=O) groups excluding carboxylic acids is 1. The highest BCUT2D eigenvalue weighted by atomic mass is 32.1. The fraction of sp³-hybridized carbons (Fsp3) is 0.545. The molecule has 1 aliphatic carbocycles. The second-order valence-electron chi connectivity index (χ2n) is 4.46. The van der Waals surface area contributed by atoms with Crippen LogP contribution in [0.4, 0.5) is 0 Å². The zero-order valence-corrected chi connectivity index (χ0v) is 10.1. The van der Waals surface area contributed by atoms with Crippen LogP contribution >= 0.6 is 24.0 Å². The van der Waals surface area contributed by atoms with Crippen molar-refractivity contribution in [1.82, 2.24) is 4.90 Å². The minimum atomic E-state index is 0.215. The predicted octanol–water partition coefficient (Wildman–Crippen LogP) is 2.66. The molecule has 0 spiro atoms. The van der Waals surface area contributed by atoms with Crippen molar-refractivity contribution >= 4 is 29.9 Å². The van der Waals surface area contributed by atoms with Crippen molar-refractivity contribution in [2.75, 3.05) is 6.54 Å². The quantitative estimate of drug-likeness (QED) is 0.747. The van der Waals surface area contributed by atoms with Crippen LogP contribution in [0.1, 0.15) is 28.9 Å². The first-order valence-corrected chi connectivity index (χ1v) is 6.65. The summed E-state index contributed by atoms with van der Waals surface area (Å²) in [5.74, 6) is 0.988. The van der Waals surface area contributed by atoms with E-state index >= 15 is 0 Å². The number of thiophene rings is 1. The smallest absolute Gasteiger partial charge is 0.264 e. The van der Waals surface area contributed by atoms with E-state index in [1.807, 2.05) is 11.4 Å². The van der Waals surface area contributed by atoms with E-state index in [-0.39, 0.29) is 5.91 Å². The van der Waals surface area contributed by atoms with E-state index in [0.717, 1.165) is 22.2 Å². The first-order chi connectivity index (χ1) is 7.24. The molecule has 2 nitrogen and oxygen atoms in total. The van der Waals surface area contributed by atoms with Gasteiger partial charge in [-0.05, 0) is 31.2 Å². The summed E-state index contributed by atoms with van der Waals surface area (Å²) in [5.41, 5.74) is 0. The molecule has 0 aromatic carbocycles. The molecule has 2 bridgehead atoms. The highest BCUT2D eigenvalue weighted by Crippen LogP contribution is 2.38. The van der Waals surface area contributed by atoms with E-state index in [9.17, 15) is 4.79 Å². The number of likely N-dealkylation sites (tertiary alicyclic amines) is 1. The Morgan fingerprint density at radius 1 is 1.53 bits per heavy atom. The minimum absolute atomic E-state index is 0.215.